The van der Waals surface area contributed by atoms with Crippen molar-refractivity contribution in [2.45, 2.75) is 38.5 Å². The third-order valence-corrected chi connectivity index (χ3v) is 11.4. The van der Waals surface area contributed by atoms with Crippen LogP contribution in [0.15, 0.2) is 70.1 Å². The van der Waals surface area contributed by atoms with Crippen molar-refractivity contribution < 1.29 is 4.58 Å². The molecule has 0 radical (unpaired) electrons. The molecule has 2 fully saturated rings. The minimum atomic E-state index is 0.223. The van der Waals surface area contributed by atoms with Gasteiger partial charge in [-0.25, -0.2) is 0 Å². The van der Waals surface area contributed by atoms with Crippen LogP contribution in [-0.4, -0.2) is 75.6 Å². The fraction of sp³-hybridized carbons (Fsp3) is 0.345. The Balaban J connectivity index is 1.44. The maximum absolute atomic E-state index is 5.27. The summed E-state index contributed by atoms with van der Waals surface area (Å²) < 4.78 is 7.99. The summed E-state index contributed by atoms with van der Waals surface area (Å²) in [5.74, 6) is 0. The molecule has 0 N–H and O–H groups in total. The van der Waals surface area contributed by atoms with E-state index in [-0.39, 0.29) is 29.5 Å². The molecule has 4 heterocycles. The number of hydrogen-bond donors (Lipinski definition) is 0. The summed E-state index contributed by atoms with van der Waals surface area (Å²) in [4.78, 5) is 13.1. The quantitative estimate of drug-likeness (QED) is 0.319. The van der Waals surface area contributed by atoms with Crippen molar-refractivity contribution in [2.24, 2.45) is 4.99 Å². The number of aromatic nitrogens is 1. The molecule has 0 atom stereocenters. The predicted molar refractivity (Wildman–Crippen MR) is 148 cm³/mol. The Hall–Kier alpha value is -2.23. The van der Waals surface area contributed by atoms with Crippen molar-refractivity contribution in [2.75, 3.05) is 31.1 Å². The van der Waals surface area contributed by atoms with E-state index in [1.165, 1.54) is 79.4 Å². The van der Waals surface area contributed by atoms with Crippen LogP contribution in [0.3, 0.4) is 0 Å². The molecule has 2 saturated heterocycles. The van der Waals surface area contributed by atoms with Crippen LogP contribution in [-0.2, 0) is 0 Å². The van der Waals surface area contributed by atoms with Gasteiger partial charge >= 0.3 is 221 Å². The third-order valence-electron chi connectivity index (χ3n) is 6.89. The average molecular weight is 594 g/mol. The SMILES string of the molecule is C(=C1/[Se]C(=[N+]2CCCCC2)N=C1c1ccccc1)/c1[se]c(N2CCCCC2)nc1-c1ccccc1. The van der Waals surface area contributed by atoms with Crippen LogP contribution in [0, 0.1) is 0 Å². The zero-order chi connectivity index (χ0) is 23.5. The molecule has 0 bridgehead atoms. The van der Waals surface area contributed by atoms with Gasteiger partial charge in [0.2, 0.25) is 0 Å². The number of rotatable bonds is 4. The van der Waals surface area contributed by atoms with Gasteiger partial charge in [0.25, 0.3) is 0 Å². The monoisotopic (exact) mass is 595 g/mol. The molecule has 178 valence electrons. The fourth-order valence-corrected chi connectivity index (χ4v) is 9.92. The van der Waals surface area contributed by atoms with E-state index < -0.39 is 0 Å². The van der Waals surface area contributed by atoms with Crippen molar-refractivity contribution in [3.63, 3.8) is 0 Å². The van der Waals surface area contributed by atoms with Crippen molar-refractivity contribution in [1.82, 2.24) is 4.98 Å². The first-order valence-electron chi connectivity index (χ1n) is 12.8. The van der Waals surface area contributed by atoms with Gasteiger partial charge in [0, 0.05) is 0 Å². The second-order valence-electron chi connectivity index (χ2n) is 9.39. The number of nitrogens with zero attached hydrogens (tertiary/aromatic N) is 4. The zero-order valence-electron chi connectivity index (χ0n) is 20.0. The van der Waals surface area contributed by atoms with Crippen LogP contribution in [0.2, 0.25) is 0 Å². The number of piperidine rings is 2. The molecule has 6 heteroatoms. The van der Waals surface area contributed by atoms with Crippen LogP contribution in [0.5, 0.6) is 0 Å². The summed E-state index contributed by atoms with van der Waals surface area (Å²) in [5.41, 5.74) is 4.82. The van der Waals surface area contributed by atoms with Gasteiger partial charge in [-0.15, -0.1) is 0 Å². The van der Waals surface area contributed by atoms with E-state index in [4.69, 9.17) is 9.98 Å². The van der Waals surface area contributed by atoms with Crippen LogP contribution in [0.4, 0.5) is 4.69 Å². The molecule has 0 aliphatic carbocycles. The van der Waals surface area contributed by atoms with Gasteiger partial charge in [-0.1, -0.05) is 0 Å². The molecule has 4 nitrogen and oxygen atoms in total. The van der Waals surface area contributed by atoms with Crippen molar-refractivity contribution in [3.05, 3.63) is 75.1 Å². The molecule has 0 unspecified atom stereocenters. The van der Waals surface area contributed by atoms with Crippen molar-refractivity contribution in [3.8, 4) is 11.3 Å². The number of amidine groups is 1. The summed E-state index contributed by atoms with van der Waals surface area (Å²) >= 11 is 0.447. The van der Waals surface area contributed by atoms with E-state index >= 15 is 0 Å². The number of benzene rings is 2. The molecule has 1 aromatic heterocycles. The summed E-state index contributed by atoms with van der Waals surface area (Å²) in [7, 11) is 0. The fourth-order valence-electron chi connectivity index (χ4n) is 5.00. The Morgan fingerprint density at radius 2 is 1.43 bits per heavy atom. The number of aliphatic imine (C=N–C) groups is 1. The number of hydrogen-bond acceptors (Lipinski definition) is 2. The second kappa shape index (κ2) is 10.8. The van der Waals surface area contributed by atoms with Gasteiger partial charge in [-0.2, -0.15) is 0 Å². The molecule has 3 aliphatic rings. The van der Waals surface area contributed by atoms with Gasteiger partial charge in [-0.05, 0) is 0 Å². The molecule has 35 heavy (non-hydrogen) atoms. The number of anilines is 1. The molecule has 0 saturated carbocycles. The van der Waals surface area contributed by atoms with Gasteiger partial charge < -0.3 is 0 Å². The van der Waals surface area contributed by atoms with Gasteiger partial charge in [0.15, 0.2) is 0 Å². The molecule has 3 aliphatic heterocycles. The van der Waals surface area contributed by atoms with Crippen LogP contribution in [0.25, 0.3) is 17.3 Å². The molecule has 6 rings (SSSR count). The minimum absolute atomic E-state index is 0.223. The summed E-state index contributed by atoms with van der Waals surface area (Å²) in [6.45, 7) is 4.61. The molecule has 2 aromatic carbocycles. The normalized spacial score (nSPS) is 19.9. The van der Waals surface area contributed by atoms with Gasteiger partial charge in [0.05, 0.1) is 0 Å². The predicted octanol–water partition coefficient (Wildman–Crippen LogP) is 4.90. The van der Waals surface area contributed by atoms with Crippen LogP contribution in [0.1, 0.15) is 48.5 Å². The van der Waals surface area contributed by atoms with Crippen LogP contribution >= 0.6 is 0 Å². The van der Waals surface area contributed by atoms with Gasteiger partial charge in [-0.3, -0.25) is 0 Å². The molecular weight excluding hydrogens is 562 g/mol. The number of allylic oxidation sites excluding steroid dienone is 1. The molecule has 3 aromatic rings. The Kier molecular flexibility index (Phi) is 7.15. The third kappa shape index (κ3) is 5.17. The van der Waals surface area contributed by atoms with E-state index in [1.54, 1.807) is 0 Å². The van der Waals surface area contributed by atoms with E-state index in [0.717, 1.165) is 26.2 Å². The zero-order valence-corrected chi connectivity index (χ0v) is 23.5. The van der Waals surface area contributed by atoms with Gasteiger partial charge in [0.1, 0.15) is 0 Å². The maximum atomic E-state index is 5.27. The summed E-state index contributed by atoms with van der Waals surface area (Å²) in [5, 5.41) is 0. The standard InChI is InChI=1S/C29H31N4Se2/c1-5-13-22(14-6-1)26-24(34-28(30-26)32-17-9-3-10-18-32)21-25-27(23-15-7-2-8-16-23)31-29(35-25)33-19-11-4-12-20-33/h1-2,5-8,13-16,21H,3-4,9-12,17-20H2/q+1. The topological polar surface area (TPSA) is 31.5 Å². The van der Waals surface area contributed by atoms with Crippen molar-refractivity contribution >= 4 is 50.7 Å². The second-order valence-corrected chi connectivity index (χ2v) is 13.6. The first-order chi connectivity index (χ1) is 17.3. The Morgan fingerprint density at radius 1 is 0.771 bits per heavy atom. The Labute approximate surface area is 220 Å². The van der Waals surface area contributed by atoms with Crippen molar-refractivity contribution in [1.29, 1.82) is 0 Å². The van der Waals surface area contributed by atoms with E-state index in [1.807, 2.05) is 0 Å². The first kappa shape index (κ1) is 23.2. The van der Waals surface area contributed by atoms with Crippen LogP contribution < -0.4 is 4.90 Å². The molecule has 0 amide bonds. The van der Waals surface area contributed by atoms with E-state index in [9.17, 15) is 0 Å². The Bertz CT molecular complexity index is 1260. The average Bonchev–Trinajstić information content (AvgIpc) is 3.56. The summed E-state index contributed by atoms with van der Waals surface area (Å²) in [6, 6.07) is 21.6. The first-order valence-corrected chi connectivity index (χ1v) is 16.2. The van der Waals surface area contributed by atoms with E-state index in [0.29, 0.717) is 0 Å². The molecular formula is C29H31N4Se2+. The molecule has 0 spiro atoms. The van der Waals surface area contributed by atoms with E-state index in [2.05, 4.69) is 76.2 Å². The summed E-state index contributed by atoms with van der Waals surface area (Å²) in [6.07, 6.45) is 10.3. The Morgan fingerprint density at radius 3 is 2.14 bits per heavy atom.